The molecule has 0 spiro atoms. The van der Waals surface area contributed by atoms with Crippen molar-refractivity contribution in [1.82, 2.24) is 13.9 Å². The molecular formula is C20H16F3N5O4S. The number of benzene rings is 2. The van der Waals surface area contributed by atoms with E-state index in [9.17, 15) is 31.6 Å². The van der Waals surface area contributed by atoms with Crippen LogP contribution >= 0.6 is 0 Å². The van der Waals surface area contributed by atoms with Crippen LogP contribution in [-0.2, 0) is 17.3 Å². The number of nitriles is 1. The molecule has 2 aromatic carbocycles. The zero-order valence-corrected chi connectivity index (χ0v) is 17.8. The normalized spacial score (nSPS) is 14.8. The van der Waals surface area contributed by atoms with Crippen LogP contribution < -0.4 is 15.0 Å². The Morgan fingerprint density at radius 1 is 1.27 bits per heavy atom. The average molecular weight is 479 g/mol. The number of ether oxygens (including phenoxy) is 1. The number of nitrogens with zero attached hydrogens (tertiary/aromatic N) is 4. The molecule has 2 heterocycles. The smallest absolute Gasteiger partial charge is 0.301 e. The summed E-state index contributed by atoms with van der Waals surface area (Å²) in [6.45, 7) is -0.751. The minimum absolute atomic E-state index is 0.0190. The quantitative estimate of drug-likeness (QED) is 0.581. The van der Waals surface area contributed by atoms with E-state index in [0.29, 0.717) is 5.52 Å². The van der Waals surface area contributed by atoms with Crippen molar-refractivity contribution in [3.05, 3.63) is 58.4 Å². The largest absolute Gasteiger partial charge is 0.453 e. The number of aryl methyl sites for hydroxylation is 1. The number of anilines is 1. The molecule has 33 heavy (non-hydrogen) atoms. The van der Waals surface area contributed by atoms with Crippen LogP contribution in [0.25, 0.3) is 10.9 Å². The van der Waals surface area contributed by atoms with Crippen molar-refractivity contribution in [3.8, 4) is 17.6 Å². The zero-order chi connectivity index (χ0) is 23.9. The Morgan fingerprint density at radius 3 is 2.67 bits per heavy atom. The van der Waals surface area contributed by atoms with E-state index < -0.39 is 39.7 Å². The second kappa shape index (κ2) is 8.38. The maximum atomic E-state index is 14.5. The molecule has 13 heteroatoms. The predicted octanol–water partition coefficient (Wildman–Crippen LogP) is 2.59. The van der Waals surface area contributed by atoms with Gasteiger partial charge in [-0.1, -0.05) is 0 Å². The highest BCUT2D eigenvalue weighted by molar-refractivity contribution is 7.90. The van der Waals surface area contributed by atoms with Crippen molar-refractivity contribution in [1.29, 1.82) is 5.26 Å². The van der Waals surface area contributed by atoms with Gasteiger partial charge in [0.2, 0.25) is 6.43 Å². The monoisotopic (exact) mass is 479 g/mol. The molecule has 1 fully saturated rings. The van der Waals surface area contributed by atoms with E-state index in [2.05, 4.69) is 9.71 Å². The fourth-order valence-corrected chi connectivity index (χ4v) is 4.61. The SMILES string of the molecule is Cn1cnc2ccc(Oc3c(F)ccc(NS(=O)(=O)N4CC(C(F)F)C4)c3C#N)cc2c1=O. The lowest BCUT2D eigenvalue weighted by Gasteiger charge is -2.37. The third-order valence-corrected chi connectivity index (χ3v) is 6.60. The van der Waals surface area contributed by atoms with Gasteiger partial charge in [0.05, 0.1) is 22.9 Å². The fraction of sp³-hybridized carbons (Fsp3) is 0.250. The summed E-state index contributed by atoms with van der Waals surface area (Å²) >= 11 is 0. The molecule has 1 saturated heterocycles. The highest BCUT2D eigenvalue weighted by Crippen LogP contribution is 2.35. The minimum Gasteiger partial charge on any atom is -0.453 e. The van der Waals surface area contributed by atoms with Gasteiger partial charge in [-0.05, 0) is 30.3 Å². The number of hydrogen-bond donors (Lipinski definition) is 1. The van der Waals surface area contributed by atoms with Crippen molar-refractivity contribution in [2.75, 3.05) is 17.8 Å². The third-order valence-electron chi connectivity index (χ3n) is 5.14. The summed E-state index contributed by atoms with van der Waals surface area (Å²) in [5.41, 5.74) is -0.731. The first-order valence-electron chi connectivity index (χ1n) is 9.52. The Hall–Kier alpha value is -3.63. The van der Waals surface area contributed by atoms with Gasteiger partial charge in [0.1, 0.15) is 17.4 Å². The standard InChI is InChI=1S/C20H16F3N5O4S/c1-27-10-25-16-4-2-12(6-13(16)20(27)29)32-18-14(7-24)17(5-3-15(18)21)26-33(30,31)28-8-11(9-28)19(22)23/h2-6,10-11,19,26H,8-9H2,1H3. The number of nitrogens with one attached hydrogen (secondary N) is 1. The maximum absolute atomic E-state index is 14.5. The fourth-order valence-electron chi connectivity index (χ4n) is 3.25. The third kappa shape index (κ3) is 4.22. The second-order valence-corrected chi connectivity index (χ2v) is 9.04. The van der Waals surface area contributed by atoms with E-state index in [1.54, 1.807) is 6.07 Å². The van der Waals surface area contributed by atoms with Crippen LogP contribution in [0.5, 0.6) is 11.5 Å². The predicted molar refractivity (Wildman–Crippen MR) is 112 cm³/mol. The van der Waals surface area contributed by atoms with Gasteiger partial charge in [-0.3, -0.25) is 9.52 Å². The highest BCUT2D eigenvalue weighted by atomic mass is 32.2. The van der Waals surface area contributed by atoms with Crippen LogP contribution in [0, 0.1) is 23.1 Å². The first-order valence-corrected chi connectivity index (χ1v) is 11.0. The summed E-state index contributed by atoms with van der Waals surface area (Å²) in [6.07, 6.45) is -1.30. The van der Waals surface area contributed by atoms with Crippen LogP contribution in [0.2, 0.25) is 0 Å². The van der Waals surface area contributed by atoms with Crippen molar-refractivity contribution >= 4 is 26.8 Å². The van der Waals surface area contributed by atoms with Gasteiger partial charge in [-0.15, -0.1) is 0 Å². The van der Waals surface area contributed by atoms with E-state index in [1.807, 2.05) is 0 Å². The zero-order valence-electron chi connectivity index (χ0n) is 17.0. The van der Waals surface area contributed by atoms with E-state index >= 15 is 0 Å². The average Bonchev–Trinajstić information content (AvgIpc) is 2.71. The Bertz CT molecular complexity index is 1450. The maximum Gasteiger partial charge on any atom is 0.301 e. The molecule has 0 unspecified atom stereocenters. The summed E-state index contributed by atoms with van der Waals surface area (Å²) < 4.78 is 74.5. The van der Waals surface area contributed by atoms with Crippen LogP contribution in [0.15, 0.2) is 41.5 Å². The lowest BCUT2D eigenvalue weighted by atomic mass is 10.1. The van der Waals surface area contributed by atoms with Crippen LogP contribution in [0.1, 0.15) is 5.56 Å². The molecule has 1 N–H and O–H groups in total. The van der Waals surface area contributed by atoms with Gasteiger partial charge >= 0.3 is 10.2 Å². The molecule has 172 valence electrons. The highest BCUT2D eigenvalue weighted by Gasteiger charge is 2.41. The number of aromatic nitrogens is 2. The summed E-state index contributed by atoms with van der Waals surface area (Å²) in [4.78, 5) is 16.4. The Morgan fingerprint density at radius 2 is 2.00 bits per heavy atom. The van der Waals surface area contributed by atoms with E-state index in [4.69, 9.17) is 4.74 Å². The lowest BCUT2D eigenvalue weighted by Crippen LogP contribution is -2.54. The first kappa shape index (κ1) is 22.6. The van der Waals surface area contributed by atoms with Crippen molar-refractivity contribution in [2.24, 2.45) is 13.0 Å². The Balaban J connectivity index is 1.66. The number of hydrogen-bond acceptors (Lipinski definition) is 6. The molecular weight excluding hydrogens is 463 g/mol. The molecule has 1 aliphatic rings. The van der Waals surface area contributed by atoms with Gasteiger partial charge in [-0.2, -0.15) is 18.0 Å². The molecule has 0 atom stereocenters. The van der Waals surface area contributed by atoms with Gasteiger partial charge in [0.15, 0.2) is 11.6 Å². The number of rotatable bonds is 6. The molecule has 0 bridgehead atoms. The van der Waals surface area contributed by atoms with Crippen LogP contribution in [-0.4, -0.2) is 41.8 Å². The van der Waals surface area contributed by atoms with Gasteiger partial charge < -0.3 is 9.30 Å². The van der Waals surface area contributed by atoms with E-state index in [1.165, 1.54) is 36.1 Å². The summed E-state index contributed by atoms with van der Waals surface area (Å²) in [6, 6.07) is 7.84. The van der Waals surface area contributed by atoms with Gasteiger partial charge in [0.25, 0.3) is 5.56 Å². The minimum atomic E-state index is -4.25. The molecule has 3 aromatic rings. The molecule has 1 aromatic heterocycles. The number of fused-ring (bicyclic) bond motifs is 1. The molecule has 0 saturated carbocycles. The summed E-state index contributed by atoms with van der Waals surface area (Å²) in [7, 11) is -2.74. The van der Waals surface area contributed by atoms with Crippen molar-refractivity contribution in [2.45, 2.75) is 6.43 Å². The van der Waals surface area contributed by atoms with Crippen LogP contribution in [0.3, 0.4) is 0 Å². The Labute approximate surface area is 185 Å². The lowest BCUT2D eigenvalue weighted by molar-refractivity contribution is 0.0126. The van der Waals surface area contributed by atoms with Crippen LogP contribution in [0.4, 0.5) is 18.9 Å². The summed E-state index contributed by atoms with van der Waals surface area (Å²) in [5.74, 6) is -2.56. The molecule has 4 rings (SSSR count). The molecule has 0 amide bonds. The second-order valence-electron chi connectivity index (χ2n) is 7.37. The molecule has 9 nitrogen and oxygen atoms in total. The van der Waals surface area contributed by atoms with E-state index in [-0.39, 0.29) is 35.5 Å². The topological polar surface area (TPSA) is 117 Å². The van der Waals surface area contributed by atoms with Crippen molar-refractivity contribution < 1.29 is 26.3 Å². The number of halogens is 3. The van der Waals surface area contributed by atoms with Gasteiger partial charge in [0, 0.05) is 26.1 Å². The molecule has 0 radical (unpaired) electrons. The molecule has 1 aliphatic heterocycles. The van der Waals surface area contributed by atoms with Gasteiger partial charge in [-0.25, -0.2) is 18.2 Å². The first-order chi connectivity index (χ1) is 15.6. The Kier molecular flexibility index (Phi) is 5.73. The number of alkyl halides is 2. The van der Waals surface area contributed by atoms with E-state index in [0.717, 1.165) is 16.4 Å². The molecule has 0 aliphatic carbocycles. The summed E-state index contributed by atoms with van der Waals surface area (Å²) in [5, 5.41) is 9.76. The van der Waals surface area contributed by atoms with Crippen molar-refractivity contribution in [3.63, 3.8) is 0 Å².